The molecular weight excluding hydrogens is 290 g/mol. The van der Waals surface area contributed by atoms with Crippen LogP contribution in [0.2, 0.25) is 0 Å². The summed E-state index contributed by atoms with van der Waals surface area (Å²) in [5.74, 6) is -1.68. The molecule has 0 aliphatic rings. The monoisotopic (exact) mass is 313 g/mol. The number of aryl methyl sites for hydroxylation is 1. The third-order valence-corrected chi connectivity index (χ3v) is 4.32. The number of carbonyl (C=O) groups is 1. The Hall–Kier alpha value is -1.40. The van der Waals surface area contributed by atoms with Crippen LogP contribution in [0.3, 0.4) is 0 Å². The van der Waals surface area contributed by atoms with Crippen molar-refractivity contribution in [2.75, 3.05) is 11.5 Å². The lowest BCUT2D eigenvalue weighted by atomic mass is 10.0. The lowest BCUT2D eigenvalue weighted by Crippen LogP contribution is -2.31. The average Bonchev–Trinajstić information content (AvgIpc) is 2.24. The van der Waals surface area contributed by atoms with Gasteiger partial charge in [-0.2, -0.15) is 0 Å². The first kappa shape index (κ1) is 17.7. The van der Waals surface area contributed by atoms with Gasteiger partial charge < -0.3 is 10.5 Å². The lowest BCUT2D eigenvalue weighted by Gasteiger charge is -2.20. The molecule has 0 fully saturated rings. The van der Waals surface area contributed by atoms with Crippen molar-refractivity contribution in [3.63, 3.8) is 0 Å². The second-order valence-electron chi connectivity index (χ2n) is 6.10. The molecule has 2 N–H and O–H groups in total. The van der Waals surface area contributed by atoms with Gasteiger partial charge in [-0.25, -0.2) is 8.42 Å². The van der Waals surface area contributed by atoms with E-state index in [0.29, 0.717) is 0 Å². The summed E-state index contributed by atoms with van der Waals surface area (Å²) in [7, 11) is -3.62. The molecule has 0 amide bonds. The normalized spacial score (nSPS) is 13.8. The van der Waals surface area contributed by atoms with E-state index in [1.807, 2.05) is 25.1 Å². The van der Waals surface area contributed by atoms with E-state index < -0.39 is 33.2 Å². The zero-order valence-electron chi connectivity index (χ0n) is 12.9. The van der Waals surface area contributed by atoms with Gasteiger partial charge in [0.15, 0.2) is 9.84 Å². The number of benzene rings is 1. The zero-order chi connectivity index (χ0) is 16.3. The molecule has 0 heterocycles. The van der Waals surface area contributed by atoms with E-state index >= 15 is 0 Å². The number of sulfone groups is 1. The third-order valence-electron chi connectivity index (χ3n) is 2.78. The van der Waals surface area contributed by atoms with E-state index in [-0.39, 0.29) is 5.75 Å². The molecule has 0 radical (unpaired) electrons. The van der Waals surface area contributed by atoms with Crippen LogP contribution >= 0.6 is 0 Å². The minimum atomic E-state index is -3.62. The van der Waals surface area contributed by atoms with Crippen LogP contribution in [0.1, 0.15) is 37.9 Å². The molecule has 0 bridgehead atoms. The summed E-state index contributed by atoms with van der Waals surface area (Å²) in [5.41, 5.74) is 6.95. The first-order chi connectivity index (χ1) is 9.50. The molecule has 6 heteroatoms. The standard InChI is InChI=1S/C15H23NO4S/c1-11-7-5-6-8-12(11)13(16)9-21(18,19)10-14(17)20-15(2,3)4/h5-8,13H,9-10,16H2,1-4H3. The fourth-order valence-corrected chi connectivity index (χ4v) is 3.24. The second-order valence-corrected chi connectivity index (χ2v) is 8.21. The van der Waals surface area contributed by atoms with Crippen LogP contribution in [0.15, 0.2) is 24.3 Å². The van der Waals surface area contributed by atoms with Crippen LogP contribution in [-0.4, -0.2) is 31.5 Å². The quantitative estimate of drug-likeness (QED) is 0.837. The number of hydrogen-bond acceptors (Lipinski definition) is 5. The average molecular weight is 313 g/mol. The van der Waals surface area contributed by atoms with E-state index in [1.165, 1.54) is 0 Å². The zero-order valence-corrected chi connectivity index (χ0v) is 13.7. The number of esters is 1. The van der Waals surface area contributed by atoms with Crippen LogP contribution in [0.25, 0.3) is 0 Å². The minimum absolute atomic E-state index is 0.281. The maximum atomic E-state index is 12.0. The first-order valence-corrected chi connectivity index (χ1v) is 8.56. The molecule has 0 saturated carbocycles. The Bertz CT molecular complexity index is 602. The van der Waals surface area contributed by atoms with Crippen LogP contribution in [0, 0.1) is 6.92 Å². The second kappa shape index (κ2) is 6.58. The molecule has 1 atom stereocenters. The summed E-state index contributed by atoms with van der Waals surface area (Å²) in [4.78, 5) is 11.6. The molecule has 21 heavy (non-hydrogen) atoms. The van der Waals surface area contributed by atoms with Gasteiger partial charge in [0.2, 0.25) is 0 Å². The Labute approximate surface area is 126 Å². The van der Waals surface area contributed by atoms with Crippen LogP contribution < -0.4 is 5.73 Å². The Kier molecular flexibility index (Phi) is 5.53. The van der Waals surface area contributed by atoms with Crippen molar-refractivity contribution in [2.45, 2.75) is 39.3 Å². The molecule has 1 aromatic rings. The highest BCUT2D eigenvalue weighted by molar-refractivity contribution is 7.92. The van der Waals surface area contributed by atoms with Crippen LogP contribution in [0.5, 0.6) is 0 Å². The summed E-state index contributed by atoms with van der Waals surface area (Å²) in [6.45, 7) is 6.94. The SMILES string of the molecule is Cc1ccccc1C(N)CS(=O)(=O)CC(=O)OC(C)(C)C. The summed E-state index contributed by atoms with van der Waals surface area (Å²) >= 11 is 0. The van der Waals surface area contributed by atoms with E-state index in [0.717, 1.165) is 11.1 Å². The number of nitrogens with two attached hydrogens (primary N) is 1. The highest BCUT2D eigenvalue weighted by Gasteiger charge is 2.25. The highest BCUT2D eigenvalue weighted by Crippen LogP contribution is 2.17. The number of rotatable bonds is 5. The Morgan fingerprint density at radius 2 is 1.86 bits per heavy atom. The fraction of sp³-hybridized carbons (Fsp3) is 0.533. The number of ether oxygens (including phenoxy) is 1. The van der Waals surface area contributed by atoms with Gasteiger partial charge in [-0.15, -0.1) is 0 Å². The van der Waals surface area contributed by atoms with Crippen LogP contribution in [0.4, 0.5) is 0 Å². The Morgan fingerprint density at radius 1 is 1.29 bits per heavy atom. The molecule has 1 aromatic carbocycles. The molecule has 5 nitrogen and oxygen atoms in total. The molecule has 1 unspecified atom stereocenters. The molecule has 0 aliphatic heterocycles. The van der Waals surface area contributed by atoms with E-state index in [4.69, 9.17) is 10.5 Å². The summed E-state index contributed by atoms with van der Waals surface area (Å²) < 4.78 is 29.1. The first-order valence-electron chi connectivity index (χ1n) is 6.73. The Balaban J connectivity index is 2.73. The fourth-order valence-electron chi connectivity index (χ4n) is 1.98. The number of hydrogen-bond donors (Lipinski definition) is 1. The maximum absolute atomic E-state index is 12.0. The smallest absolute Gasteiger partial charge is 0.321 e. The molecule has 0 spiro atoms. The van der Waals surface area contributed by atoms with E-state index in [9.17, 15) is 13.2 Å². The van der Waals surface area contributed by atoms with Gasteiger partial charge >= 0.3 is 5.97 Å². The number of carbonyl (C=O) groups excluding carboxylic acids is 1. The van der Waals surface area contributed by atoms with Gasteiger partial charge in [-0.05, 0) is 38.8 Å². The third kappa shape index (κ3) is 6.27. The van der Waals surface area contributed by atoms with Crippen molar-refractivity contribution in [1.82, 2.24) is 0 Å². The van der Waals surface area contributed by atoms with Crippen molar-refractivity contribution in [3.8, 4) is 0 Å². The lowest BCUT2D eigenvalue weighted by molar-refractivity contribution is -0.151. The van der Waals surface area contributed by atoms with Crippen molar-refractivity contribution in [2.24, 2.45) is 5.73 Å². The molecule has 118 valence electrons. The van der Waals surface area contributed by atoms with E-state index in [2.05, 4.69) is 0 Å². The van der Waals surface area contributed by atoms with Crippen molar-refractivity contribution >= 4 is 15.8 Å². The molecule has 1 rings (SSSR count). The molecule has 0 saturated heterocycles. The van der Waals surface area contributed by atoms with Gasteiger partial charge in [0.05, 0.1) is 5.75 Å². The summed E-state index contributed by atoms with van der Waals surface area (Å²) in [6, 6.07) is 6.68. The predicted octanol–water partition coefficient (Wildman–Crippen LogP) is 1.75. The van der Waals surface area contributed by atoms with Crippen LogP contribution in [-0.2, 0) is 19.4 Å². The Morgan fingerprint density at radius 3 is 2.38 bits per heavy atom. The van der Waals surface area contributed by atoms with E-state index in [1.54, 1.807) is 26.8 Å². The minimum Gasteiger partial charge on any atom is -0.459 e. The maximum Gasteiger partial charge on any atom is 0.321 e. The van der Waals surface area contributed by atoms with Gasteiger partial charge in [0, 0.05) is 6.04 Å². The van der Waals surface area contributed by atoms with Gasteiger partial charge in [-0.3, -0.25) is 4.79 Å². The largest absolute Gasteiger partial charge is 0.459 e. The summed E-state index contributed by atoms with van der Waals surface area (Å²) in [5, 5.41) is 0. The van der Waals surface area contributed by atoms with Gasteiger partial charge in [0.1, 0.15) is 11.4 Å². The van der Waals surface area contributed by atoms with Crippen molar-refractivity contribution < 1.29 is 17.9 Å². The van der Waals surface area contributed by atoms with Gasteiger partial charge in [-0.1, -0.05) is 24.3 Å². The molecule has 0 aromatic heterocycles. The molecular formula is C15H23NO4S. The summed E-state index contributed by atoms with van der Waals surface area (Å²) in [6.07, 6.45) is 0. The topological polar surface area (TPSA) is 86.5 Å². The van der Waals surface area contributed by atoms with Gasteiger partial charge in [0.25, 0.3) is 0 Å². The van der Waals surface area contributed by atoms with Crippen molar-refractivity contribution in [1.29, 1.82) is 0 Å². The highest BCUT2D eigenvalue weighted by atomic mass is 32.2. The molecule has 0 aliphatic carbocycles. The predicted molar refractivity (Wildman–Crippen MR) is 82.6 cm³/mol. The van der Waals surface area contributed by atoms with Crippen molar-refractivity contribution in [3.05, 3.63) is 35.4 Å².